The average Bonchev–Trinajstić information content (AvgIpc) is 3.43. The van der Waals surface area contributed by atoms with Crippen LogP contribution in [-0.4, -0.2) is 9.55 Å². The third-order valence-corrected chi connectivity index (χ3v) is 8.31. The van der Waals surface area contributed by atoms with Gasteiger partial charge in [0.15, 0.2) is 11.0 Å². The second kappa shape index (κ2) is 8.42. The fourth-order valence-electron chi connectivity index (χ4n) is 4.95. The minimum Gasteiger partial charge on any atom is -0.241 e. The van der Waals surface area contributed by atoms with Crippen molar-refractivity contribution in [3.05, 3.63) is 102 Å². The zero-order chi connectivity index (χ0) is 25.0. The van der Waals surface area contributed by atoms with E-state index in [1.165, 1.54) is 48.8 Å². The lowest BCUT2D eigenvalue weighted by atomic mass is 9.98. The molecule has 4 aromatic carbocycles. The number of thiazole rings is 1. The quantitative estimate of drug-likeness (QED) is 0.231. The van der Waals surface area contributed by atoms with E-state index in [4.69, 9.17) is 4.98 Å². The van der Waals surface area contributed by atoms with Crippen molar-refractivity contribution in [1.29, 1.82) is 0 Å². The summed E-state index contributed by atoms with van der Waals surface area (Å²) in [6.45, 7) is 8.89. The Balaban J connectivity index is 1.58. The zero-order valence-corrected chi connectivity index (χ0v) is 22.2. The van der Waals surface area contributed by atoms with Crippen LogP contribution in [0.4, 0.5) is 0 Å². The number of hydrogen-bond donors (Lipinski definition) is 0. The Bertz CT molecular complexity index is 1720. The van der Waals surface area contributed by atoms with Gasteiger partial charge in [0.2, 0.25) is 0 Å². The second-order valence-corrected chi connectivity index (χ2v) is 11.6. The highest BCUT2D eigenvalue weighted by Gasteiger charge is 2.28. The maximum Gasteiger partial charge on any atom is 0.295 e. The van der Waals surface area contributed by atoms with Crippen molar-refractivity contribution < 1.29 is 4.57 Å². The number of benzene rings is 4. The minimum absolute atomic E-state index is 0.0395. The lowest BCUT2D eigenvalue weighted by molar-refractivity contribution is -0.633. The molecule has 0 saturated heterocycles. The fraction of sp³-hybridized carbons (Fsp3) is 0.188. The lowest BCUT2D eigenvalue weighted by Gasteiger charge is -2.13. The zero-order valence-electron chi connectivity index (χ0n) is 21.4. The number of para-hydroxylation sites is 2. The first-order valence-corrected chi connectivity index (χ1v) is 13.2. The Kier molecular flexibility index (Phi) is 5.31. The Labute approximate surface area is 216 Å². The molecular formula is C32H30N3S+. The number of aryl methyl sites for hydroxylation is 2. The van der Waals surface area contributed by atoms with Crippen LogP contribution in [0.1, 0.15) is 31.3 Å². The van der Waals surface area contributed by atoms with Crippen molar-refractivity contribution in [2.45, 2.75) is 33.1 Å². The summed E-state index contributed by atoms with van der Waals surface area (Å²) in [4.78, 5) is 4.97. The van der Waals surface area contributed by atoms with Gasteiger partial charge in [-0.25, -0.2) is 9.55 Å². The molecule has 2 aromatic heterocycles. The van der Waals surface area contributed by atoms with E-state index in [-0.39, 0.29) is 5.41 Å². The van der Waals surface area contributed by atoms with Crippen LogP contribution in [0, 0.1) is 6.92 Å². The van der Waals surface area contributed by atoms with Crippen molar-refractivity contribution >= 4 is 32.6 Å². The van der Waals surface area contributed by atoms with Crippen molar-refractivity contribution in [2.24, 2.45) is 7.05 Å². The van der Waals surface area contributed by atoms with E-state index in [1.54, 1.807) is 11.3 Å². The molecule has 0 bridgehead atoms. The average molecular weight is 489 g/mol. The normalized spacial score (nSPS) is 12.0. The standard InChI is InChI=1S/C32H30N3S/c1-21-19-26-29(36-31(33-26)32(2,3)4)20-25(21)30-34(5)27-13-9-10-14-28(27)35(30)24-17-15-23(16-18-24)22-11-7-6-8-12-22/h6-20H,1-5H3/q+1. The van der Waals surface area contributed by atoms with Gasteiger partial charge >= 0.3 is 0 Å². The van der Waals surface area contributed by atoms with Crippen LogP contribution >= 0.6 is 11.3 Å². The molecule has 0 aliphatic carbocycles. The van der Waals surface area contributed by atoms with Gasteiger partial charge in [-0.1, -0.05) is 75.4 Å². The number of rotatable bonds is 3. The monoisotopic (exact) mass is 488 g/mol. The highest BCUT2D eigenvalue weighted by molar-refractivity contribution is 7.18. The molecule has 0 atom stereocenters. The largest absolute Gasteiger partial charge is 0.295 e. The molecule has 2 heterocycles. The lowest BCUT2D eigenvalue weighted by Crippen LogP contribution is -2.30. The summed E-state index contributed by atoms with van der Waals surface area (Å²) in [7, 11) is 2.17. The van der Waals surface area contributed by atoms with Crippen LogP contribution in [0.25, 0.3) is 49.5 Å². The van der Waals surface area contributed by atoms with E-state index in [1.807, 2.05) is 0 Å². The molecule has 3 nitrogen and oxygen atoms in total. The molecule has 0 aliphatic heterocycles. The molecular weight excluding hydrogens is 458 g/mol. The van der Waals surface area contributed by atoms with Gasteiger partial charge in [-0.15, -0.1) is 11.3 Å². The molecule has 0 fully saturated rings. The van der Waals surface area contributed by atoms with Gasteiger partial charge in [0.05, 0.1) is 27.8 Å². The molecule has 6 aromatic rings. The first kappa shape index (κ1) is 22.7. The van der Waals surface area contributed by atoms with Crippen molar-refractivity contribution in [2.75, 3.05) is 0 Å². The van der Waals surface area contributed by atoms with Crippen molar-refractivity contribution in [3.8, 4) is 28.2 Å². The summed E-state index contributed by atoms with van der Waals surface area (Å²) in [6, 6.07) is 32.7. The number of hydrogen-bond acceptors (Lipinski definition) is 2. The summed E-state index contributed by atoms with van der Waals surface area (Å²) in [6.07, 6.45) is 0. The molecule has 0 unspecified atom stereocenters. The third-order valence-electron chi connectivity index (χ3n) is 6.86. The Hall–Kier alpha value is -3.76. The van der Waals surface area contributed by atoms with Crippen molar-refractivity contribution in [3.63, 3.8) is 0 Å². The van der Waals surface area contributed by atoms with Crippen molar-refractivity contribution in [1.82, 2.24) is 9.55 Å². The molecule has 0 radical (unpaired) electrons. The molecule has 36 heavy (non-hydrogen) atoms. The van der Waals surface area contributed by atoms with Crippen LogP contribution in [0.2, 0.25) is 0 Å². The van der Waals surface area contributed by atoms with Crippen LogP contribution in [0.15, 0.2) is 91.0 Å². The summed E-state index contributed by atoms with van der Waals surface area (Å²) < 4.78 is 5.95. The minimum atomic E-state index is 0.0395. The van der Waals surface area contributed by atoms with E-state index in [0.717, 1.165) is 11.2 Å². The summed E-state index contributed by atoms with van der Waals surface area (Å²) in [5.41, 5.74) is 9.60. The van der Waals surface area contributed by atoms with Crippen LogP contribution < -0.4 is 4.57 Å². The van der Waals surface area contributed by atoms with E-state index in [2.05, 4.69) is 135 Å². The van der Waals surface area contributed by atoms with E-state index in [0.29, 0.717) is 0 Å². The van der Waals surface area contributed by atoms with Crippen LogP contribution in [0.3, 0.4) is 0 Å². The van der Waals surface area contributed by atoms with E-state index < -0.39 is 0 Å². The molecule has 0 spiro atoms. The number of imidazole rings is 1. The van der Waals surface area contributed by atoms with Crippen LogP contribution in [-0.2, 0) is 12.5 Å². The second-order valence-electron chi connectivity index (χ2n) is 10.5. The molecule has 0 saturated carbocycles. The Morgan fingerprint density at radius 2 is 1.47 bits per heavy atom. The summed E-state index contributed by atoms with van der Waals surface area (Å²) in [5.74, 6) is 1.17. The third kappa shape index (κ3) is 3.73. The smallest absolute Gasteiger partial charge is 0.241 e. The highest BCUT2D eigenvalue weighted by atomic mass is 32.1. The van der Waals surface area contributed by atoms with Gasteiger partial charge in [0.1, 0.15) is 5.69 Å². The Morgan fingerprint density at radius 1 is 0.806 bits per heavy atom. The first-order chi connectivity index (χ1) is 17.3. The topological polar surface area (TPSA) is 21.7 Å². The summed E-state index contributed by atoms with van der Waals surface area (Å²) in [5, 5.41) is 1.18. The molecule has 178 valence electrons. The molecule has 0 N–H and O–H groups in total. The predicted molar refractivity (Wildman–Crippen MR) is 152 cm³/mol. The Morgan fingerprint density at radius 3 is 2.19 bits per heavy atom. The van der Waals surface area contributed by atoms with Gasteiger partial charge in [-0.2, -0.15) is 4.57 Å². The number of nitrogens with zero attached hydrogens (tertiary/aromatic N) is 3. The SMILES string of the molecule is Cc1cc2nc(C(C)(C)C)sc2cc1-c1n(-c2ccc(-c3ccccc3)cc2)c2ccccc2[n+]1C. The van der Waals surface area contributed by atoms with Gasteiger partial charge in [-0.3, -0.25) is 0 Å². The highest BCUT2D eigenvalue weighted by Crippen LogP contribution is 2.36. The molecule has 0 aliphatic rings. The summed E-state index contributed by atoms with van der Waals surface area (Å²) >= 11 is 1.81. The van der Waals surface area contributed by atoms with Gasteiger partial charge in [0.25, 0.3) is 5.82 Å². The predicted octanol–water partition coefficient (Wildman–Crippen LogP) is 8.00. The fourth-order valence-corrected chi connectivity index (χ4v) is 6.00. The first-order valence-electron chi connectivity index (χ1n) is 12.4. The van der Waals surface area contributed by atoms with E-state index >= 15 is 0 Å². The van der Waals surface area contributed by atoms with Gasteiger partial charge < -0.3 is 0 Å². The van der Waals surface area contributed by atoms with Gasteiger partial charge in [-0.05, 0) is 60.0 Å². The molecule has 4 heteroatoms. The number of aromatic nitrogens is 3. The number of fused-ring (bicyclic) bond motifs is 2. The maximum atomic E-state index is 4.97. The molecule has 6 rings (SSSR count). The van der Waals surface area contributed by atoms with Gasteiger partial charge in [0, 0.05) is 5.41 Å². The maximum absolute atomic E-state index is 4.97. The van der Waals surface area contributed by atoms with E-state index in [9.17, 15) is 0 Å². The molecule has 0 amide bonds. The van der Waals surface area contributed by atoms with Crippen LogP contribution in [0.5, 0.6) is 0 Å².